The molecule has 1 saturated heterocycles. The summed E-state index contributed by atoms with van der Waals surface area (Å²) in [5.41, 5.74) is 5.36. The Morgan fingerprint density at radius 3 is 2.67 bits per heavy atom. The molecule has 0 aliphatic carbocycles. The predicted molar refractivity (Wildman–Crippen MR) is 122 cm³/mol. The molecule has 1 amide bonds. The normalized spacial score (nSPS) is 14.6. The van der Waals surface area contributed by atoms with Gasteiger partial charge in [0.15, 0.2) is 0 Å². The van der Waals surface area contributed by atoms with Crippen LogP contribution in [0.25, 0.3) is 0 Å². The van der Waals surface area contributed by atoms with Crippen LogP contribution in [0, 0.1) is 11.6 Å². The maximum atomic E-state index is 14.5. The van der Waals surface area contributed by atoms with E-state index in [1.54, 1.807) is 6.07 Å². The van der Waals surface area contributed by atoms with E-state index < -0.39 is 17.7 Å². The second-order valence-corrected chi connectivity index (χ2v) is 7.50. The van der Waals surface area contributed by atoms with Gasteiger partial charge < -0.3 is 26.0 Å². The van der Waals surface area contributed by atoms with Crippen molar-refractivity contribution < 1.29 is 18.7 Å². The van der Waals surface area contributed by atoms with Crippen molar-refractivity contribution in [1.29, 1.82) is 0 Å². The highest BCUT2D eigenvalue weighted by atomic mass is 19.1. The number of aromatic nitrogens is 2. The number of carboxylic acid groups (broad SMARTS) is 1. The lowest BCUT2D eigenvalue weighted by Gasteiger charge is -2.36. The summed E-state index contributed by atoms with van der Waals surface area (Å²) in [6.45, 7) is 5.59. The number of carbonyl (C=O) groups is 1. The largest absolute Gasteiger partial charge is 0.465 e. The number of amides is 1. The van der Waals surface area contributed by atoms with Crippen molar-refractivity contribution in [1.82, 2.24) is 19.8 Å². The number of piperazine rings is 1. The lowest BCUT2D eigenvalue weighted by atomic mass is 10.1. The molecule has 12 heteroatoms. The Balaban J connectivity index is 1.67. The minimum absolute atomic E-state index is 0.0314. The van der Waals surface area contributed by atoms with Gasteiger partial charge in [-0.2, -0.15) is 0 Å². The van der Waals surface area contributed by atoms with Gasteiger partial charge in [0.25, 0.3) is 0 Å². The van der Waals surface area contributed by atoms with Crippen LogP contribution in [-0.2, 0) is 6.42 Å². The van der Waals surface area contributed by atoms with E-state index >= 15 is 0 Å². The van der Waals surface area contributed by atoms with Gasteiger partial charge in [-0.25, -0.2) is 23.5 Å². The van der Waals surface area contributed by atoms with Crippen LogP contribution in [0.15, 0.2) is 29.5 Å². The number of nitrogens with one attached hydrogen (secondary N) is 1. The van der Waals surface area contributed by atoms with Crippen molar-refractivity contribution in [3.05, 3.63) is 41.7 Å². The summed E-state index contributed by atoms with van der Waals surface area (Å²) >= 11 is 0. The number of anilines is 3. The minimum Gasteiger partial charge on any atom is -0.465 e. The number of nitrogens with two attached hydrogens (primary N) is 1. The molecule has 1 aliphatic heterocycles. The zero-order chi connectivity index (χ0) is 23.8. The first kappa shape index (κ1) is 24.1. The second kappa shape index (κ2) is 11.4. The Labute approximate surface area is 190 Å². The van der Waals surface area contributed by atoms with Crippen molar-refractivity contribution in [2.45, 2.75) is 13.3 Å². The van der Waals surface area contributed by atoms with Gasteiger partial charge in [0.1, 0.15) is 29.6 Å². The van der Waals surface area contributed by atoms with Crippen LogP contribution in [0.2, 0.25) is 0 Å². The monoisotopic (exact) mass is 462 g/mol. The molecule has 4 N–H and O–H groups in total. The number of hydrogen-bond donors (Lipinski definition) is 3. The molecule has 0 bridgehead atoms. The average Bonchev–Trinajstić information content (AvgIpc) is 2.81. The lowest BCUT2D eigenvalue weighted by Crippen LogP contribution is -2.51. The number of hydrogen-bond acceptors (Lipinski definition) is 7. The number of rotatable bonds is 9. The minimum atomic E-state index is -0.908. The van der Waals surface area contributed by atoms with Crippen molar-refractivity contribution in [2.24, 2.45) is 10.7 Å². The molecule has 1 fully saturated rings. The third-order valence-corrected chi connectivity index (χ3v) is 5.39. The maximum Gasteiger partial charge on any atom is 0.407 e. The van der Waals surface area contributed by atoms with Gasteiger partial charge in [-0.1, -0.05) is 0 Å². The summed E-state index contributed by atoms with van der Waals surface area (Å²) in [6, 6.07) is 3.90. The second-order valence-electron chi connectivity index (χ2n) is 7.50. The SMILES string of the molecule is CCN(CN1CCN(C(=O)O)CC1)c1cc(Nc2cc(F)c(CCN=CN)cc2F)ncn1. The van der Waals surface area contributed by atoms with Gasteiger partial charge in [-0.15, -0.1) is 0 Å². The predicted octanol–water partition coefficient (Wildman–Crippen LogP) is 2.11. The van der Waals surface area contributed by atoms with E-state index in [2.05, 4.69) is 25.2 Å². The van der Waals surface area contributed by atoms with Gasteiger partial charge >= 0.3 is 6.09 Å². The van der Waals surface area contributed by atoms with E-state index in [1.165, 1.54) is 11.2 Å². The quantitative estimate of drug-likeness (QED) is 0.383. The molecule has 1 aromatic carbocycles. The van der Waals surface area contributed by atoms with Crippen molar-refractivity contribution in [3.8, 4) is 0 Å². The molecule has 1 aromatic heterocycles. The summed E-state index contributed by atoms with van der Waals surface area (Å²) in [5, 5.41) is 11.9. The number of halogens is 2. The molecule has 33 heavy (non-hydrogen) atoms. The number of benzene rings is 1. The van der Waals surface area contributed by atoms with Crippen LogP contribution < -0.4 is 16.0 Å². The topological polar surface area (TPSA) is 123 Å². The summed E-state index contributed by atoms with van der Waals surface area (Å²) in [5.74, 6) is -0.205. The van der Waals surface area contributed by atoms with Crippen LogP contribution in [0.5, 0.6) is 0 Å². The highest BCUT2D eigenvalue weighted by Crippen LogP contribution is 2.24. The fourth-order valence-electron chi connectivity index (χ4n) is 3.52. The first-order valence-corrected chi connectivity index (χ1v) is 10.6. The highest BCUT2D eigenvalue weighted by molar-refractivity contribution is 5.65. The van der Waals surface area contributed by atoms with Gasteiger partial charge in [-0.3, -0.25) is 9.89 Å². The summed E-state index contributed by atoms with van der Waals surface area (Å²) in [7, 11) is 0. The number of aliphatic imine (C=N–C) groups is 1. The van der Waals surface area contributed by atoms with E-state index in [0.717, 1.165) is 18.5 Å². The van der Waals surface area contributed by atoms with Crippen LogP contribution >= 0.6 is 0 Å². The molecule has 0 unspecified atom stereocenters. The maximum absolute atomic E-state index is 14.5. The third-order valence-electron chi connectivity index (χ3n) is 5.39. The summed E-state index contributed by atoms with van der Waals surface area (Å²) in [6.07, 6.45) is 1.82. The summed E-state index contributed by atoms with van der Waals surface area (Å²) < 4.78 is 28.9. The molecule has 2 aromatic rings. The van der Waals surface area contributed by atoms with Crippen molar-refractivity contribution >= 4 is 29.8 Å². The molecule has 0 saturated carbocycles. The van der Waals surface area contributed by atoms with Gasteiger partial charge in [0.05, 0.1) is 18.7 Å². The Morgan fingerprint density at radius 1 is 1.24 bits per heavy atom. The average molecular weight is 463 g/mol. The van der Waals surface area contributed by atoms with Crippen LogP contribution in [0.3, 0.4) is 0 Å². The molecule has 0 radical (unpaired) electrons. The van der Waals surface area contributed by atoms with Crippen molar-refractivity contribution in [3.63, 3.8) is 0 Å². The zero-order valence-electron chi connectivity index (χ0n) is 18.4. The highest BCUT2D eigenvalue weighted by Gasteiger charge is 2.22. The molecule has 1 aliphatic rings. The first-order chi connectivity index (χ1) is 15.9. The third kappa shape index (κ3) is 6.48. The number of nitrogens with zero attached hydrogens (tertiary/aromatic N) is 6. The van der Waals surface area contributed by atoms with Crippen molar-refractivity contribution in [2.75, 3.05) is 56.2 Å². The zero-order valence-corrected chi connectivity index (χ0v) is 18.4. The fraction of sp³-hybridized carbons (Fsp3) is 0.429. The molecule has 0 spiro atoms. The molecule has 10 nitrogen and oxygen atoms in total. The van der Waals surface area contributed by atoms with E-state index in [-0.39, 0.29) is 24.2 Å². The Morgan fingerprint density at radius 2 is 2.00 bits per heavy atom. The smallest absolute Gasteiger partial charge is 0.407 e. The van der Waals surface area contributed by atoms with E-state index in [4.69, 9.17) is 10.8 Å². The lowest BCUT2D eigenvalue weighted by molar-refractivity contribution is 0.105. The molecule has 178 valence electrons. The Bertz CT molecular complexity index is 983. The standard InChI is InChI=1S/C21H28F2N8O2/c1-2-30(14-29-5-7-31(8-6-29)21(32)33)20-11-19(26-13-27-20)28-18-10-16(22)15(9-17(18)23)3-4-25-12-24/h9-13H,2-8,14H2,1H3,(H2,24,25)(H,32,33)(H,26,27,28). The molecule has 2 heterocycles. The van der Waals surface area contributed by atoms with E-state index in [0.29, 0.717) is 51.0 Å². The van der Waals surface area contributed by atoms with E-state index in [1.807, 2.05) is 11.8 Å². The molecular weight excluding hydrogens is 434 g/mol. The van der Waals surface area contributed by atoms with Gasteiger partial charge in [-0.05, 0) is 25.0 Å². The van der Waals surface area contributed by atoms with E-state index in [9.17, 15) is 13.6 Å². The molecule has 3 rings (SSSR count). The molecule has 0 atom stereocenters. The van der Waals surface area contributed by atoms with Crippen LogP contribution in [-0.4, -0.2) is 83.2 Å². The summed E-state index contributed by atoms with van der Waals surface area (Å²) in [4.78, 5) is 28.9. The fourth-order valence-corrected chi connectivity index (χ4v) is 3.52. The Kier molecular flexibility index (Phi) is 8.30. The molecular formula is C21H28F2N8O2. The Hall–Kier alpha value is -3.54. The van der Waals surface area contributed by atoms with Crippen LogP contribution in [0.4, 0.5) is 30.9 Å². The van der Waals surface area contributed by atoms with Crippen LogP contribution in [0.1, 0.15) is 12.5 Å². The van der Waals surface area contributed by atoms with Gasteiger partial charge in [0, 0.05) is 51.4 Å². The first-order valence-electron chi connectivity index (χ1n) is 10.6. The van der Waals surface area contributed by atoms with Gasteiger partial charge in [0.2, 0.25) is 0 Å².